The molecular formula is C43H39ClF10N7O10PS2. The Kier molecular flexibility index (Phi) is 14.7. The molecule has 2 aliphatic rings. The predicted octanol–water partition coefficient (Wildman–Crippen LogP) is 7.76. The minimum Gasteiger partial charge on any atom is -0.448 e. The second-order valence-electron chi connectivity index (χ2n) is 17.9. The van der Waals surface area contributed by atoms with Gasteiger partial charge >= 0.3 is 26.0 Å². The van der Waals surface area contributed by atoms with Gasteiger partial charge < -0.3 is 19.8 Å². The van der Waals surface area contributed by atoms with Gasteiger partial charge in [-0.05, 0) is 80.8 Å². The summed E-state index contributed by atoms with van der Waals surface area (Å²) in [6.45, 7) is -1.78. The van der Waals surface area contributed by atoms with Crippen LogP contribution in [0.1, 0.15) is 72.6 Å². The maximum absolute atomic E-state index is 15.6. The number of benzene rings is 2. The van der Waals surface area contributed by atoms with Gasteiger partial charge in [0.15, 0.2) is 21.3 Å². The number of hydrogen-bond acceptors (Lipinski definition) is 11. The van der Waals surface area contributed by atoms with Crippen molar-refractivity contribution in [1.29, 1.82) is 0 Å². The molecule has 3 atom stereocenters. The number of carbonyl (C=O) groups excluding carboxylic acids is 2. The van der Waals surface area contributed by atoms with Gasteiger partial charge in [-0.3, -0.25) is 18.7 Å². The fourth-order valence-corrected chi connectivity index (χ4v) is 10.0. The van der Waals surface area contributed by atoms with Gasteiger partial charge in [0.1, 0.15) is 40.9 Å². The number of pyridine rings is 1. The van der Waals surface area contributed by atoms with Crippen LogP contribution in [0, 0.1) is 29.4 Å². The number of amides is 2. The van der Waals surface area contributed by atoms with E-state index in [2.05, 4.69) is 32.3 Å². The van der Waals surface area contributed by atoms with Crippen molar-refractivity contribution >= 4 is 67.8 Å². The van der Waals surface area contributed by atoms with E-state index in [1.54, 1.807) is 0 Å². The minimum absolute atomic E-state index is 0.165. The Labute approximate surface area is 418 Å². The van der Waals surface area contributed by atoms with Crippen LogP contribution in [0.5, 0.6) is 0 Å². The first-order chi connectivity index (χ1) is 33.9. The fourth-order valence-electron chi connectivity index (χ4n) is 8.27. The van der Waals surface area contributed by atoms with Crippen LogP contribution >= 0.6 is 19.2 Å². The number of aromatic nitrogens is 5. The third-order valence-corrected chi connectivity index (χ3v) is 16.0. The molecule has 74 heavy (non-hydrogen) atoms. The van der Waals surface area contributed by atoms with Crippen molar-refractivity contribution in [3.05, 3.63) is 93.0 Å². The molecule has 31 heteroatoms. The highest BCUT2D eigenvalue weighted by atomic mass is 35.5. The summed E-state index contributed by atoms with van der Waals surface area (Å²) in [6.07, 6.45) is -13.4. The Morgan fingerprint density at radius 3 is 2.20 bits per heavy atom. The molecule has 0 radical (unpaired) electrons. The van der Waals surface area contributed by atoms with E-state index in [0.29, 0.717) is 12.3 Å². The van der Waals surface area contributed by atoms with Crippen LogP contribution in [0.25, 0.3) is 22.0 Å². The maximum atomic E-state index is 15.6. The Balaban J connectivity index is 1.46. The van der Waals surface area contributed by atoms with Crippen LogP contribution in [-0.4, -0.2) is 99.4 Å². The van der Waals surface area contributed by atoms with Gasteiger partial charge in [0, 0.05) is 34.9 Å². The van der Waals surface area contributed by atoms with Crippen molar-refractivity contribution in [1.82, 2.24) is 29.9 Å². The van der Waals surface area contributed by atoms with Gasteiger partial charge in [-0.1, -0.05) is 23.6 Å². The van der Waals surface area contributed by atoms with Gasteiger partial charge in [0.05, 0.1) is 46.7 Å². The number of fused-ring (bicyclic) bond motifs is 4. The molecule has 0 saturated heterocycles. The Hall–Kier alpha value is -5.79. The zero-order valence-electron chi connectivity index (χ0n) is 38.5. The lowest BCUT2D eigenvalue weighted by molar-refractivity contribution is -0.143. The van der Waals surface area contributed by atoms with Crippen LogP contribution in [0.4, 0.5) is 54.5 Å². The molecule has 1 saturated carbocycles. The van der Waals surface area contributed by atoms with E-state index in [4.69, 9.17) is 16.3 Å². The summed E-state index contributed by atoms with van der Waals surface area (Å²) in [5.74, 6) is -6.38. The molecule has 2 amide bonds. The standard InChI is InChI=1S/C43H39ClF10N7O10PS2/c1-40(2,73(3,67)68)11-10-24-6-7-25(26-8-9-29(44)33-35(26)60(20-41(47,48)49)58-38(33)61(74(4,69)70)39(63)71-12-5-13-72(64,65)66)34(55-24)30(16-21-14-22(45)17-23(46)15-21)56-31(62)19-59-37-32(36(57-59)43(52,53)54)27-18-28(27)42(37,50)51/h6-9,14-15,17,27-28,30H,5,12-13,16,18-20H2,1-4H3,(H,56,62)(H2,64,65,66)/t27-,28+,30-/m0/s1. The van der Waals surface area contributed by atoms with E-state index < -0.39 is 181 Å². The summed E-state index contributed by atoms with van der Waals surface area (Å²) in [5.41, 5.74) is -6.31. The minimum atomic E-state index is -5.25. The molecule has 400 valence electrons. The highest BCUT2D eigenvalue weighted by Crippen LogP contribution is 2.68. The molecule has 3 aromatic heterocycles. The van der Waals surface area contributed by atoms with Crippen LogP contribution < -0.4 is 9.62 Å². The van der Waals surface area contributed by atoms with E-state index in [1.165, 1.54) is 13.8 Å². The number of sulfonamides is 1. The number of nitrogens with one attached hydrogen (secondary N) is 1. The number of sulfone groups is 1. The third kappa shape index (κ3) is 11.8. The summed E-state index contributed by atoms with van der Waals surface area (Å²) in [5, 5.41) is 8.31. The molecular weight excluding hydrogens is 1100 g/mol. The van der Waals surface area contributed by atoms with Gasteiger partial charge in [-0.15, -0.1) is 0 Å². The second kappa shape index (κ2) is 19.4. The summed E-state index contributed by atoms with van der Waals surface area (Å²) >= 11 is 6.58. The molecule has 0 bridgehead atoms. The molecule has 0 spiro atoms. The zero-order chi connectivity index (χ0) is 55.1. The lowest BCUT2D eigenvalue weighted by Gasteiger charge is -2.23. The molecule has 0 unspecified atom stereocenters. The first kappa shape index (κ1) is 55.9. The molecule has 2 aromatic carbocycles. The van der Waals surface area contributed by atoms with E-state index in [9.17, 15) is 75.9 Å². The van der Waals surface area contributed by atoms with Gasteiger partial charge in [0.25, 0.3) is 5.92 Å². The number of anilines is 1. The molecule has 5 aromatic rings. The molecule has 7 rings (SSSR count). The average molecular weight is 1130 g/mol. The first-order valence-corrected chi connectivity index (χ1v) is 27.3. The van der Waals surface area contributed by atoms with Crippen molar-refractivity contribution in [2.24, 2.45) is 5.92 Å². The quantitative estimate of drug-likeness (QED) is 0.0394. The molecule has 17 nitrogen and oxygen atoms in total. The van der Waals surface area contributed by atoms with Crippen LogP contribution in [0.15, 0.2) is 42.5 Å². The number of hydrogen-bond donors (Lipinski definition) is 3. The smallest absolute Gasteiger partial charge is 0.435 e. The number of alkyl halides is 8. The third-order valence-electron chi connectivity index (χ3n) is 11.8. The highest BCUT2D eigenvalue weighted by molar-refractivity contribution is 7.93. The number of carbonyl (C=O) groups is 2. The van der Waals surface area contributed by atoms with Crippen molar-refractivity contribution in [3.8, 4) is 23.0 Å². The lowest BCUT2D eigenvalue weighted by atomic mass is 9.93. The average Bonchev–Trinajstić information content (AvgIpc) is 3.75. The topological polar surface area (TPSA) is 233 Å². The number of nitrogens with zero attached hydrogens (tertiary/aromatic N) is 6. The van der Waals surface area contributed by atoms with Crippen molar-refractivity contribution in [2.45, 2.75) is 81.2 Å². The van der Waals surface area contributed by atoms with E-state index in [-0.39, 0.29) is 36.9 Å². The summed E-state index contributed by atoms with van der Waals surface area (Å²) in [4.78, 5) is 50.5. The van der Waals surface area contributed by atoms with E-state index in [0.717, 1.165) is 42.7 Å². The fraction of sp³-hybridized carbons (Fsp3) is 0.419. The number of rotatable bonds is 15. The Bertz CT molecular complexity index is 3440. The van der Waals surface area contributed by atoms with Gasteiger partial charge in [-0.2, -0.15) is 49.6 Å². The normalized spacial score (nSPS) is 17.0. The molecule has 1 fully saturated rings. The SMILES string of the molecule is CC(C)(C#Cc1ccc(-c2ccc(Cl)c3c(N(C(=O)OCCCP(=O)(O)O)S(C)(=O)=O)nn(CC(F)(F)F)c23)c([C@H](Cc2cc(F)cc(F)c2)NC(=O)Cn2nc(C(F)(F)F)c3c2C(F)(F)[C@@H]2C[C@H]32)n1)S(C)(=O)=O. The van der Waals surface area contributed by atoms with Crippen molar-refractivity contribution < 1.29 is 89.4 Å². The predicted molar refractivity (Wildman–Crippen MR) is 243 cm³/mol. The molecule has 2 aliphatic carbocycles. The number of halogens is 11. The molecule has 3 N–H and O–H groups in total. The summed E-state index contributed by atoms with van der Waals surface area (Å²) in [6, 6.07) is 4.42. The Morgan fingerprint density at radius 2 is 1.62 bits per heavy atom. The van der Waals surface area contributed by atoms with E-state index >= 15 is 8.78 Å². The molecule has 3 heterocycles. The van der Waals surface area contributed by atoms with Gasteiger partial charge in [-0.25, -0.2) is 35.4 Å². The summed E-state index contributed by atoms with van der Waals surface area (Å²) < 4.78 is 213. The van der Waals surface area contributed by atoms with E-state index in [1.807, 2.05) is 0 Å². The maximum Gasteiger partial charge on any atom is 0.435 e. The Morgan fingerprint density at radius 1 is 0.986 bits per heavy atom. The largest absolute Gasteiger partial charge is 0.448 e. The molecule has 0 aliphatic heterocycles. The second-order valence-corrected chi connectivity index (χ2v) is 24.5. The highest BCUT2D eigenvalue weighted by Gasteiger charge is 2.68. The van der Waals surface area contributed by atoms with Crippen molar-refractivity contribution in [3.63, 3.8) is 0 Å². The van der Waals surface area contributed by atoms with Crippen LogP contribution in [-0.2, 0) is 65.6 Å². The first-order valence-electron chi connectivity index (χ1n) is 21.4. The van der Waals surface area contributed by atoms with Crippen LogP contribution in [0.2, 0.25) is 5.02 Å². The summed E-state index contributed by atoms with van der Waals surface area (Å²) in [7, 11) is -13.5. The number of ether oxygens (including phenoxy) is 1. The zero-order valence-corrected chi connectivity index (χ0v) is 41.8. The van der Waals surface area contributed by atoms with Gasteiger partial charge in [0.2, 0.25) is 15.9 Å². The monoisotopic (exact) mass is 1130 g/mol. The van der Waals surface area contributed by atoms with Crippen LogP contribution in [0.3, 0.4) is 0 Å². The van der Waals surface area contributed by atoms with Crippen molar-refractivity contribution in [2.75, 3.05) is 29.6 Å². The lowest BCUT2D eigenvalue weighted by Crippen LogP contribution is -2.37.